The molecule has 0 saturated carbocycles. The average molecular weight is 400 g/mol. The van der Waals surface area contributed by atoms with Crippen LogP contribution in [0.1, 0.15) is 0 Å². The third-order valence-corrected chi connectivity index (χ3v) is 4.62. The second-order valence-corrected chi connectivity index (χ2v) is 6.45. The molecule has 0 bridgehead atoms. The molecule has 0 atom stereocenters. The van der Waals surface area contributed by atoms with Crippen LogP contribution in [0.3, 0.4) is 0 Å². The lowest BCUT2D eigenvalue weighted by Crippen LogP contribution is -2.20. The van der Waals surface area contributed by atoms with Crippen LogP contribution in [0.25, 0.3) is 11.3 Å². The number of amides is 1. The van der Waals surface area contributed by atoms with Crippen molar-refractivity contribution in [1.82, 2.24) is 4.98 Å². The van der Waals surface area contributed by atoms with E-state index in [4.69, 9.17) is 18.9 Å². The number of thiazole rings is 1. The van der Waals surface area contributed by atoms with E-state index in [0.29, 0.717) is 33.8 Å². The van der Waals surface area contributed by atoms with E-state index in [-0.39, 0.29) is 12.5 Å². The number of rotatable bonds is 8. The lowest BCUT2D eigenvalue weighted by molar-refractivity contribution is -0.118. The molecule has 146 valence electrons. The van der Waals surface area contributed by atoms with Gasteiger partial charge in [0.2, 0.25) is 0 Å². The van der Waals surface area contributed by atoms with E-state index in [2.05, 4.69) is 10.3 Å². The molecule has 7 nitrogen and oxygen atoms in total. The molecule has 0 radical (unpaired) electrons. The number of benzene rings is 2. The maximum Gasteiger partial charge on any atom is 0.264 e. The summed E-state index contributed by atoms with van der Waals surface area (Å²) in [6, 6.07) is 12.6. The number of nitrogens with one attached hydrogen (secondary N) is 1. The first kappa shape index (κ1) is 19.5. The van der Waals surface area contributed by atoms with Crippen LogP contribution < -0.4 is 24.3 Å². The first-order valence-electron chi connectivity index (χ1n) is 8.38. The van der Waals surface area contributed by atoms with E-state index in [1.54, 1.807) is 39.5 Å². The smallest absolute Gasteiger partial charge is 0.264 e. The summed E-state index contributed by atoms with van der Waals surface area (Å²) in [5, 5.41) is 5.06. The molecule has 3 rings (SSSR count). The number of para-hydroxylation sites is 2. The molecule has 0 saturated heterocycles. The van der Waals surface area contributed by atoms with Crippen LogP contribution in [0.4, 0.5) is 5.13 Å². The van der Waals surface area contributed by atoms with Gasteiger partial charge in [0.25, 0.3) is 5.91 Å². The highest BCUT2D eigenvalue weighted by Gasteiger charge is 2.13. The van der Waals surface area contributed by atoms with Gasteiger partial charge >= 0.3 is 0 Å². The Morgan fingerprint density at radius 2 is 1.75 bits per heavy atom. The number of hydrogen-bond acceptors (Lipinski definition) is 7. The Bertz CT molecular complexity index is 957. The summed E-state index contributed by atoms with van der Waals surface area (Å²) in [6.07, 6.45) is 0. The monoisotopic (exact) mass is 400 g/mol. The van der Waals surface area contributed by atoms with Gasteiger partial charge in [0.1, 0.15) is 11.5 Å². The van der Waals surface area contributed by atoms with Gasteiger partial charge in [0.15, 0.2) is 23.2 Å². The molecule has 0 aliphatic heterocycles. The molecular formula is C20H20N2O5S. The number of aromatic nitrogens is 1. The van der Waals surface area contributed by atoms with E-state index in [9.17, 15) is 4.79 Å². The Labute approximate surface area is 166 Å². The van der Waals surface area contributed by atoms with Gasteiger partial charge in [-0.25, -0.2) is 4.98 Å². The number of ether oxygens (including phenoxy) is 4. The van der Waals surface area contributed by atoms with E-state index >= 15 is 0 Å². The topological polar surface area (TPSA) is 78.9 Å². The molecule has 28 heavy (non-hydrogen) atoms. The quantitative estimate of drug-likeness (QED) is 0.619. The predicted octanol–water partition coefficient (Wildman–Crippen LogP) is 3.85. The molecule has 0 spiro atoms. The summed E-state index contributed by atoms with van der Waals surface area (Å²) in [5.74, 6) is 2.09. The minimum absolute atomic E-state index is 0.152. The number of nitrogens with zero attached hydrogens (tertiary/aromatic N) is 1. The predicted molar refractivity (Wildman–Crippen MR) is 108 cm³/mol. The minimum atomic E-state index is -0.312. The van der Waals surface area contributed by atoms with Gasteiger partial charge in [-0.1, -0.05) is 12.1 Å². The van der Waals surface area contributed by atoms with Crippen molar-refractivity contribution in [2.45, 2.75) is 0 Å². The van der Waals surface area contributed by atoms with Gasteiger partial charge in [0, 0.05) is 17.0 Å². The summed E-state index contributed by atoms with van der Waals surface area (Å²) in [6.45, 7) is -0.152. The molecular weight excluding hydrogens is 380 g/mol. The lowest BCUT2D eigenvalue weighted by Gasteiger charge is -2.09. The first-order chi connectivity index (χ1) is 13.6. The Hall–Kier alpha value is -3.26. The summed E-state index contributed by atoms with van der Waals surface area (Å²) in [4.78, 5) is 16.6. The zero-order valence-corrected chi connectivity index (χ0v) is 16.5. The maximum atomic E-state index is 12.2. The number of carbonyl (C=O) groups excluding carboxylic acids is 1. The Morgan fingerprint density at radius 3 is 2.46 bits per heavy atom. The molecule has 0 aliphatic carbocycles. The van der Waals surface area contributed by atoms with Crippen LogP contribution in [-0.2, 0) is 4.79 Å². The fourth-order valence-electron chi connectivity index (χ4n) is 2.50. The Balaban J connectivity index is 1.65. The van der Waals surface area contributed by atoms with E-state index in [0.717, 1.165) is 5.56 Å². The molecule has 0 fully saturated rings. The standard InChI is InChI=1S/C20H20N2O5S/c1-24-13-8-9-14(18(10-13)26-3)15-12-28-20(21-15)22-19(23)11-27-17-7-5-4-6-16(17)25-2/h4-10,12H,11H2,1-3H3,(H,21,22,23). The zero-order chi connectivity index (χ0) is 19.9. The van der Waals surface area contributed by atoms with Crippen molar-refractivity contribution in [1.29, 1.82) is 0 Å². The first-order valence-corrected chi connectivity index (χ1v) is 9.26. The van der Waals surface area contributed by atoms with Crippen LogP contribution in [0.2, 0.25) is 0 Å². The van der Waals surface area contributed by atoms with Crippen LogP contribution in [-0.4, -0.2) is 38.8 Å². The molecule has 0 aliphatic rings. The van der Waals surface area contributed by atoms with Crippen molar-refractivity contribution in [2.24, 2.45) is 0 Å². The molecule has 1 amide bonds. The van der Waals surface area contributed by atoms with Crippen LogP contribution in [0.15, 0.2) is 47.8 Å². The molecule has 8 heteroatoms. The van der Waals surface area contributed by atoms with Gasteiger partial charge in [-0.05, 0) is 24.3 Å². The van der Waals surface area contributed by atoms with Gasteiger partial charge in [-0.15, -0.1) is 11.3 Å². The summed E-state index contributed by atoms with van der Waals surface area (Å²) in [5.41, 5.74) is 1.51. The molecule has 1 N–H and O–H groups in total. The average Bonchev–Trinajstić information content (AvgIpc) is 3.19. The normalized spacial score (nSPS) is 10.2. The summed E-state index contributed by atoms with van der Waals surface area (Å²) in [7, 11) is 4.73. The van der Waals surface area contributed by atoms with Gasteiger partial charge in [0.05, 0.1) is 27.0 Å². The third-order valence-electron chi connectivity index (χ3n) is 3.86. The maximum absolute atomic E-state index is 12.2. The minimum Gasteiger partial charge on any atom is -0.497 e. The van der Waals surface area contributed by atoms with E-state index < -0.39 is 0 Å². The second-order valence-electron chi connectivity index (χ2n) is 5.59. The van der Waals surface area contributed by atoms with Crippen molar-refractivity contribution in [3.63, 3.8) is 0 Å². The van der Waals surface area contributed by atoms with Crippen molar-refractivity contribution in [3.8, 4) is 34.3 Å². The van der Waals surface area contributed by atoms with Crippen molar-refractivity contribution < 1.29 is 23.7 Å². The molecule has 0 unspecified atom stereocenters. The fourth-order valence-corrected chi connectivity index (χ4v) is 3.23. The number of hydrogen-bond donors (Lipinski definition) is 1. The van der Waals surface area contributed by atoms with Crippen molar-refractivity contribution >= 4 is 22.4 Å². The van der Waals surface area contributed by atoms with Crippen LogP contribution in [0, 0.1) is 0 Å². The van der Waals surface area contributed by atoms with E-state index in [1.165, 1.54) is 11.3 Å². The number of methoxy groups -OCH3 is 3. The van der Waals surface area contributed by atoms with Crippen molar-refractivity contribution in [3.05, 3.63) is 47.8 Å². The largest absolute Gasteiger partial charge is 0.497 e. The molecule has 1 aromatic heterocycles. The van der Waals surface area contributed by atoms with Gasteiger partial charge in [-0.3, -0.25) is 10.1 Å². The van der Waals surface area contributed by atoms with Crippen LogP contribution >= 0.6 is 11.3 Å². The fraction of sp³-hybridized carbons (Fsp3) is 0.200. The highest BCUT2D eigenvalue weighted by Crippen LogP contribution is 2.34. The summed E-state index contributed by atoms with van der Waals surface area (Å²) >= 11 is 1.32. The summed E-state index contributed by atoms with van der Waals surface area (Å²) < 4.78 is 21.3. The van der Waals surface area contributed by atoms with E-state index in [1.807, 2.05) is 29.6 Å². The van der Waals surface area contributed by atoms with Crippen LogP contribution in [0.5, 0.6) is 23.0 Å². The zero-order valence-electron chi connectivity index (χ0n) is 15.7. The Morgan fingerprint density at radius 1 is 1.00 bits per heavy atom. The third kappa shape index (κ3) is 4.52. The molecule has 3 aromatic rings. The second kappa shape index (κ2) is 9.09. The molecule has 2 aromatic carbocycles. The highest BCUT2D eigenvalue weighted by atomic mass is 32.1. The number of carbonyl (C=O) groups is 1. The van der Waals surface area contributed by atoms with Gasteiger partial charge in [-0.2, -0.15) is 0 Å². The Kier molecular flexibility index (Phi) is 6.33. The van der Waals surface area contributed by atoms with Gasteiger partial charge < -0.3 is 18.9 Å². The number of anilines is 1. The van der Waals surface area contributed by atoms with Crippen molar-refractivity contribution in [2.75, 3.05) is 33.3 Å². The highest BCUT2D eigenvalue weighted by molar-refractivity contribution is 7.14. The SMILES string of the molecule is COc1ccc(-c2csc(NC(=O)COc3ccccc3OC)n2)c(OC)c1. The lowest BCUT2D eigenvalue weighted by atomic mass is 10.1. The molecule has 1 heterocycles.